The minimum atomic E-state index is -0.232. The van der Waals surface area contributed by atoms with Gasteiger partial charge in [-0.15, -0.1) is 0 Å². The highest BCUT2D eigenvalue weighted by Crippen LogP contribution is 2.21. The number of amides is 1. The van der Waals surface area contributed by atoms with Crippen molar-refractivity contribution in [1.29, 1.82) is 0 Å². The molecule has 2 rings (SSSR count). The summed E-state index contributed by atoms with van der Waals surface area (Å²) in [5, 5.41) is 3.87. The minimum absolute atomic E-state index is 0.232. The fourth-order valence-electron chi connectivity index (χ4n) is 2.11. The second-order valence-corrected chi connectivity index (χ2v) is 6.65. The Morgan fingerprint density at radius 1 is 1.07 bits per heavy atom. The summed E-state index contributed by atoms with van der Waals surface area (Å²) in [4.78, 5) is 10.9. The van der Waals surface area contributed by atoms with Crippen molar-refractivity contribution in [3.8, 4) is 11.5 Å². The number of hydrogen-bond donors (Lipinski definition) is 1. The van der Waals surface area contributed by atoms with Crippen LogP contribution in [-0.2, 0) is 9.53 Å². The molecule has 0 atom stereocenters. The fraction of sp³-hybridized carbons (Fsp3) is 0.300. The third-order valence-corrected chi connectivity index (χ3v) is 3.89. The van der Waals surface area contributed by atoms with Gasteiger partial charge in [0.1, 0.15) is 24.7 Å². The van der Waals surface area contributed by atoms with Gasteiger partial charge in [0.05, 0.1) is 19.4 Å². The summed E-state index contributed by atoms with van der Waals surface area (Å²) < 4.78 is 17.8. The zero-order chi connectivity index (χ0) is 19.5. The Bertz CT molecular complexity index is 763. The summed E-state index contributed by atoms with van der Waals surface area (Å²) in [6.45, 7) is 5.23. The van der Waals surface area contributed by atoms with Crippen molar-refractivity contribution in [1.82, 2.24) is 5.43 Å². The number of hydrogen-bond acceptors (Lipinski definition) is 5. The molecule has 0 aliphatic carbocycles. The first kappa shape index (κ1) is 20.9. The second kappa shape index (κ2) is 11.4. The van der Waals surface area contributed by atoms with Crippen molar-refractivity contribution in [2.24, 2.45) is 5.10 Å². The summed E-state index contributed by atoms with van der Waals surface area (Å²) in [5.41, 5.74) is 4.32. The Kier molecular flexibility index (Phi) is 8.80. The number of halogens is 1. The van der Waals surface area contributed by atoms with Gasteiger partial charge in [-0.1, -0.05) is 33.6 Å². The first-order valence-corrected chi connectivity index (χ1v) is 9.33. The average Bonchev–Trinajstić information content (AvgIpc) is 2.63. The summed E-state index contributed by atoms with van der Waals surface area (Å²) in [5.74, 6) is 1.26. The first-order chi connectivity index (χ1) is 13.0. The van der Waals surface area contributed by atoms with E-state index in [9.17, 15) is 4.79 Å². The van der Waals surface area contributed by atoms with Crippen LogP contribution in [0.3, 0.4) is 0 Å². The van der Waals surface area contributed by atoms with Gasteiger partial charge in [-0.25, -0.2) is 5.43 Å². The molecule has 1 N–H and O–H groups in total. The molecule has 0 heterocycles. The number of benzene rings is 2. The monoisotopic (exact) mass is 434 g/mol. The molecule has 0 unspecified atom stereocenters. The zero-order valence-corrected chi connectivity index (χ0v) is 17.0. The summed E-state index contributed by atoms with van der Waals surface area (Å²) >= 11 is 3.41. The quantitative estimate of drug-likeness (QED) is 0.351. The van der Waals surface area contributed by atoms with Gasteiger partial charge in [0.15, 0.2) is 0 Å². The van der Waals surface area contributed by atoms with Crippen molar-refractivity contribution in [3.63, 3.8) is 0 Å². The molecule has 0 saturated heterocycles. The Labute approximate surface area is 167 Å². The van der Waals surface area contributed by atoms with E-state index in [-0.39, 0.29) is 5.91 Å². The molecule has 0 aromatic heterocycles. The van der Waals surface area contributed by atoms with Crippen LogP contribution in [0.15, 0.2) is 52.0 Å². The molecule has 27 heavy (non-hydrogen) atoms. The lowest BCUT2D eigenvalue weighted by Crippen LogP contribution is -2.13. The number of carbonyl (C=O) groups is 1. The van der Waals surface area contributed by atoms with Crippen molar-refractivity contribution in [3.05, 3.63) is 58.1 Å². The second-order valence-electron chi connectivity index (χ2n) is 5.73. The van der Waals surface area contributed by atoms with Gasteiger partial charge in [-0.2, -0.15) is 5.10 Å². The third kappa shape index (κ3) is 8.23. The molecule has 0 spiro atoms. The van der Waals surface area contributed by atoms with Crippen LogP contribution in [0.4, 0.5) is 0 Å². The molecule has 2 aromatic carbocycles. The van der Waals surface area contributed by atoms with Gasteiger partial charge in [-0.3, -0.25) is 4.79 Å². The number of nitrogens with zero attached hydrogens (tertiary/aromatic N) is 1. The molecule has 0 fully saturated rings. The molecular weight excluding hydrogens is 412 g/mol. The van der Waals surface area contributed by atoms with Crippen LogP contribution in [0, 0.1) is 6.92 Å². The standard InChI is InChI=1S/C20H23BrN2O4/c1-15-3-6-19(7-4-15)26-11-9-25-10-12-27-20-8-5-18(21)13-17(20)14-22-23-16(2)24/h3-8,13-14H,9-12H2,1-2H3,(H,23,24). The molecule has 6 nitrogen and oxygen atoms in total. The maximum Gasteiger partial charge on any atom is 0.236 e. The molecule has 144 valence electrons. The van der Waals surface area contributed by atoms with Crippen LogP contribution in [0.1, 0.15) is 18.1 Å². The summed E-state index contributed by atoms with van der Waals surface area (Å²) in [7, 11) is 0. The summed E-state index contributed by atoms with van der Waals surface area (Å²) in [6, 6.07) is 13.5. The third-order valence-electron chi connectivity index (χ3n) is 3.40. The van der Waals surface area contributed by atoms with Gasteiger partial charge in [-0.05, 0) is 37.3 Å². The van der Waals surface area contributed by atoms with Crippen molar-refractivity contribution < 1.29 is 19.0 Å². The molecule has 0 saturated carbocycles. The van der Waals surface area contributed by atoms with Gasteiger partial charge in [0.2, 0.25) is 5.91 Å². The molecule has 0 aliphatic heterocycles. The SMILES string of the molecule is CC(=O)NN=Cc1cc(Br)ccc1OCCOCCOc1ccc(C)cc1. The fourth-order valence-corrected chi connectivity index (χ4v) is 2.49. The normalized spacial score (nSPS) is 10.8. The molecule has 0 bridgehead atoms. The van der Waals surface area contributed by atoms with Crippen LogP contribution in [0.2, 0.25) is 0 Å². The highest BCUT2D eigenvalue weighted by atomic mass is 79.9. The van der Waals surface area contributed by atoms with Gasteiger partial charge in [0, 0.05) is 17.0 Å². The molecule has 7 heteroatoms. The summed E-state index contributed by atoms with van der Waals surface area (Å²) in [6.07, 6.45) is 1.54. The highest BCUT2D eigenvalue weighted by Gasteiger charge is 2.03. The zero-order valence-electron chi connectivity index (χ0n) is 15.4. The van der Waals surface area contributed by atoms with Crippen LogP contribution < -0.4 is 14.9 Å². The Morgan fingerprint density at radius 2 is 1.78 bits per heavy atom. The van der Waals surface area contributed by atoms with Crippen LogP contribution in [-0.4, -0.2) is 38.5 Å². The number of hydrazone groups is 1. The van der Waals surface area contributed by atoms with E-state index in [0.29, 0.717) is 32.2 Å². The van der Waals surface area contributed by atoms with E-state index in [4.69, 9.17) is 14.2 Å². The number of aryl methyl sites for hydroxylation is 1. The highest BCUT2D eigenvalue weighted by molar-refractivity contribution is 9.10. The maximum absolute atomic E-state index is 10.9. The number of nitrogens with one attached hydrogen (secondary N) is 1. The van der Waals surface area contributed by atoms with Crippen LogP contribution in [0.25, 0.3) is 0 Å². The smallest absolute Gasteiger partial charge is 0.236 e. The number of ether oxygens (including phenoxy) is 3. The Hall–Kier alpha value is -2.38. The largest absolute Gasteiger partial charge is 0.491 e. The average molecular weight is 435 g/mol. The molecule has 0 radical (unpaired) electrons. The van der Waals surface area contributed by atoms with E-state index < -0.39 is 0 Å². The van der Waals surface area contributed by atoms with E-state index >= 15 is 0 Å². The maximum atomic E-state index is 10.9. The molecule has 2 aromatic rings. The predicted octanol–water partition coefficient (Wildman–Crippen LogP) is 3.70. The molecule has 1 amide bonds. The Balaban J connectivity index is 1.69. The van der Waals surface area contributed by atoms with E-state index in [2.05, 4.69) is 26.5 Å². The number of rotatable bonds is 10. The minimum Gasteiger partial charge on any atom is -0.491 e. The van der Waals surface area contributed by atoms with Gasteiger partial charge < -0.3 is 14.2 Å². The van der Waals surface area contributed by atoms with E-state index in [1.54, 1.807) is 0 Å². The van der Waals surface area contributed by atoms with Gasteiger partial charge in [0.25, 0.3) is 0 Å². The lowest BCUT2D eigenvalue weighted by Gasteiger charge is -2.10. The van der Waals surface area contributed by atoms with Crippen molar-refractivity contribution in [2.75, 3.05) is 26.4 Å². The van der Waals surface area contributed by atoms with Crippen molar-refractivity contribution >= 4 is 28.1 Å². The molecule has 0 aliphatic rings. The predicted molar refractivity (Wildman–Crippen MR) is 109 cm³/mol. The lowest BCUT2D eigenvalue weighted by molar-refractivity contribution is -0.118. The topological polar surface area (TPSA) is 69.2 Å². The van der Waals surface area contributed by atoms with E-state index in [0.717, 1.165) is 15.8 Å². The molecular formula is C20H23BrN2O4. The van der Waals surface area contributed by atoms with E-state index in [1.165, 1.54) is 18.7 Å². The first-order valence-electron chi connectivity index (χ1n) is 8.54. The van der Waals surface area contributed by atoms with Crippen LogP contribution in [0.5, 0.6) is 11.5 Å². The van der Waals surface area contributed by atoms with E-state index in [1.807, 2.05) is 49.4 Å². The van der Waals surface area contributed by atoms with Gasteiger partial charge >= 0.3 is 0 Å². The Morgan fingerprint density at radius 3 is 2.48 bits per heavy atom. The van der Waals surface area contributed by atoms with Crippen molar-refractivity contribution in [2.45, 2.75) is 13.8 Å². The lowest BCUT2D eigenvalue weighted by atomic mass is 10.2. The number of carbonyl (C=O) groups excluding carboxylic acids is 1. The van der Waals surface area contributed by atoms with Crippen LogP contribution >= 0.6 is 15.9 Å².